The zero-order valence-electron chi connectivity index (χ0n) is 11.4. The Labute approximate surface area is 113 Å². The van der Waals surface area contributed by atoms with Gasteiger partial charge in [-0.2, -0.15) is 0 Å². The Balaban J connectivity index is 2.30. The number of benzene rings is 2. The van der Waals surface area contributed by atoms with Gasteiger partial charge in [-0.25, -0.2) is 4.39 Å². The van der Waals surface area contributed by atoms with Crippen molar-refractivity contribution in [3.63, 3.8) is 0 Å². The molecule has 1 unspecified atom stereocenters. The molecule has 19 heavy (non-hydrogen) atoms. The molecule has 0 fully saturated rings. The van der Waals surface area contributed by atoms with Gasteiger partial charge < -0.3 is 10.0 Å². The molecule has 0 aliphatic rings. The molecule has 2 rings (SSSR count). The first kappa shape index (κ1) is 13.4. The number of halogens is 1. The van der Waals surface area contributed by atoms with Crippen molar-refractivity contribution in [1.29, 1.82) is 0 Å². The van der Waals surface area contributed by atoms with Crippen molar-refractivity contribution < 1.29 is 9.50 Å². The summed E-state index contributed by atoms with van der Waals surface area (Å²) in [4.78, 5) is 2.06. The number of hydrogen-bond donors (Lipinski definition) is 1. The lowest BCUT2D eigenvalue weighted by molar-refractivity contribution is 0.456. The molecule has 1 N–H and O–H groups in total. The van der Waals surface area contributed by atoms with Crippen molar-refractivity contribution in [3.05, 3.63) is 59.4 Å². The van der Waals surface area contributed by atoms with E-state index in [0.29, 0.717) is 5.56 Å². The summed E-state index contributed by atoms with van der Waals surface area (Å²) in [5.41, 5.74) is 2.96. The van der Waals surface area contributed by atoms with Crippen LogP contribution < -0.4 is 4.90 Å². The normalized spacial score (nSPS) is 12.2. The van der Waals surface area contributed by atoms with Crippen LogP contribution in [0.25, 0.3) is 0 Å². The van der Waals surface area contributed by atoms with Gasteiger partial charge in [0.05, 0.1) is 6.04 Å². The molecule has 2 nitrogen and oxygen atoms in total. The fourth-order valence-electron chi connectivity index (χ4n) is 2.15. The minimum Gasteiger partial charge on any atom is -0.507 e. The van der Waals surface area contributed by atoms with Gasteiger partial charge >= 0.3 is 0 Å². The number of rotatable bonds is 3. The standard InChI is InChI=1S/C16H18FNO/c1-11-5-4-6-14(9-11)18(3)12(2)15-8-7-13(17)10-16(15)19/h4-10,12,19H,1-3H3. The van der Waals surface area contributed by atoms with Gasteiger partial charge in [0.1, 0.15) is 11.6 Å². The highest BCUT2D eigenvalue weighted by molar-refractivity contribution is 5.51. The van der Waals surface area contributed by atoms with Gasteiger partial charge in [0.15, 0.2) is 0 Å². The molecule has 2 aromatic carbocycles. The summed E-state index contributed by atoms with van der Waals surface area (Å²) in [5.74, 6) is -0.432. The number of phenols is 1. The average molecular weight is 259 g/mol. The van der Waals surface area contributed by atoms with E-state index in [1.165, 1.54) is 11.6 Å². The van der Waals surface area contributed by atoms with Crippen molar-refractivity contribution in [2.24, 2.45) is 0 Å². The van der Waals surface area contributed by atoms with Crippen LogP contribution in [0.15, 0.2) is 42.5 Å². The summed E-state index contributed by atoms with van der Waals surface area (Å²) in [5, 5.41) is 9.85. The van der Waals surface area contributed by atoms with Gasteiger partial charge in [0.25, 0.3) is 0 Å². The Morgan fingerprint density at radius 3 is 2.53 bits per heavy atom. The second-order valence-corrected chi connectivity index (χ2v) is 4.83. The van der Waals surface area contributed by atoms with E-state index in [2.05, 4.69) is 11.0 Å². The maximum absolute atomic E-state index is 13.0. The van der Waals surface area contributed by atoms with Gasteiger partial charge in [-0.3, -0.25) is 0 Å². The topological polar surface area (TPSA) is 23.5 Å². The van der Waals surface area contributed by atoms with E-state index in [1.54, 1.807) is 6.07 Å². The van der Waals surface area contributed by atoms with E-state index in [-0.39, 0.29) is 11.8 Å². The number of nitrogens with zero attached hydrogens (tertiary/aromatic N) is 1. The predicted octanol–water partition coefficient (Wildman–Crippen LogP) is 4.04. The molecule has 0 saturated carbocycles. The van der Waals surface area contributed by atoms with Gasteiger partial charge in [-0.1, -0.05) is 18.2 Å². The van der Waals surface area contributed by atoms with Crippen LogP contribution in [0.3, 0.4) is 0 Å². The third kappa shape index (κ3) is 2.87. The van der Waals surface area contributed by atoms with E-state index in [1.807, 2.05) is 39.1 Å². The van der Waals surface area contributed by atoms with Crippen molar-refractivity contribution in [3.8, 4) is 5.75 Å². The molecule has 100 valence electrons. The van der Waals surface area contributed by atoms with Gasteiger partial charge in [0, 0.05) is 24.4 Å². The summed E-state index contributed by atoms with van der Waals surface area (Å²) in [6.45, 7) is 4.02. The van der Waals surface area contributed by atoms with Gasteiger partial charge in [-0.15, -0.1) is 0 Å². The molecule has 0 aliphatic heterocycles. The van der Waals surface area contributed by atoms with Crippen LogP contribution >= 0.6 is 0 Å². The summed E-state index contributed by atoms with van der Waals surface area (Å²) in [6, 6.07) is 12.2. The molecule has 0 bridgehead atoms. The molecule has 0 amide bonds. The highest BCUT2D eigenvalue weighted by Crippen LogP contribution is 2.31. The van der Waals surface area contributed by atoms with Crippen LogP contribution in [-0.2, 0) is 0 Å². The number of phenolic OH excluding ortho intramolecular Hbond substituents is 1. The molecule has 0 aromatic heterocycles. The highest BCUT2D eigenvalue weighted by atomic mass is 19.1. The Hall–Kier alpha value is -2.03. The van der Waals surface area contributed by atoms with E-state index in [0.717, 1.165) is 11.8 Å². The lowest BCUT2D eigenvalue weighted by Crippen LogP contribution is -2.21. The second-order valence-electron chi connectivity index (χ2n) is 4.83. The molecule has 2 aromatic rings. The molecular weight excluding hydrogens is 241 g/mol. The Bertz CT molecular complexity index is 583. The molecule has 0 radical (unpaired) electrons. The van der Waals surface area contributed by atoms with Gasteiger partial charge in [0.2, 0.25) is 0 Å². The number of hydrogen-bond acceptors (Lipinski definition) is 2. The smallest absolute Gasteiger partial charge is 0.126 e. The molecule has 0 saturated heterocycles. The first-order valence-corrected chi connectivity index (χ1v) is 6.27. The average Bonchev–Trinajstić information content (AvgIpc) is 2.37. The first-order valence-electron chi connectivity index (χ1n) is 6.27. The van der Waals surface area contributed by atoms with E-state index in [4.69, 9.17) is 0 Å². The third-order valence-electron chi connectivity index (χ3n) is 3.43. The second kappa shape index (κ2) is 5.31. The van der Waals surface area contributed by atoms with E-state index in [9.17, 15) is 9.50 Å². The molecule has 0 heterocycles. The molecule has 3 heteroatoms. The summed E-state index contributed by atoms with van der Waals surface area (Å²) in [7, 11) is 1.96. The number of aryl methyl sites for hydroxylation is 1. The van der Waals surface area contributed by atoms with Crippen LogP contribution in [0, 0.1) is 12.7 Å². The van der Waals surface area contributed by atoms with Crippen LogP contribution in [-0.4, -0.2) is 12.2 Å². The molecule has 1 atom stereocenters. The van der Waals surface area contributed by atoms with Crippen molar-refractivity contribution in [1.82, 2.24) is 0 Å². The van der Waals surface area contributed by atoms with Crippen LogP contribution in [0.1, 0.15) is 24.1 Å². The SMILES string of the molecule is Cc1cccc(N(C)C(C)c2ccc(F)cc2O)c1. The minimum absolute atomic E-state index is 0.00740. The summed E-state index contributed by atoms with van der Waals surface area (Å²) in [6.07, 6.45) is 0. The van der Waals surface area contributed by atoms with E-state index >= 15 is 0 Å². The minimum atomic E-state index is -0.424. The zero-order valence-corrected chi connectivity index (χ0v) is 11.4. The number of aromatic hydroxyl groups is 1. The summed E-state index contributed by atoms with van der Waals surface area (Å²) < 4.78 is 13.0. The Morgan fingerprint density at radius 2 is 1.89 bits per heavy atom. The molecule has 0 aliphatic carbocycles. The van der Waals surface area contributed by atoms with Gasteiger partial charge in [-0.05, 0) is 37.6 Å². The fourth-order valence-corrected chi connectivity index (χ4v) is 2.15. The highest BCUT2D eigenvalue weighted by Gasteiger charge is 2.16. The maximum Gasteiger partial charge on any atom is 0.126 e. The lowest BCUT2D eigenvalue weighted by Gasteiger charge is -2.28. The lowest BCUT2D eigenvalue weighted by atomic mass is 10.0. The maximum atomic E-state index is 13.0. The van der Waals surface area contributed by atoms with Crippen LogP contribution in [0.4, 0.5) is 10.1 Å². The fraction of sp³-hybridized carbons (Fsp3) is 0.250. The largest absolute Gasteiger partial charge is 0.507 e. The van der Waals surface area contributed by atoms with Crippen molar-refractivity contribution in [2.75, 3.05) is 11.9 Å². The van der Waals surface area contributed by atoms with E-state index < -0.39 is 5.82 Å². The Kier molecular flexibility index (Phi) is 3.74. The predicted molar refractivity (Wildman–Crippen MR) is 76.1 cm³/mol. The third-order valence-corrected chi connectivity index (χ3v) is 3.43. The molecule has 0 spiro atoms. The summed E-state index contributed by atoms with van der Waals surface area (Å²) >= 11 is 0. The first-order chi connectivity index (χ1) is 8.99. The van der Waals surface area contributed by atoms with Crippen molar-refractivity contribution >= 4 is 5.69 Å². The monoisotopic (exact) mass is 259 g/mol. The Morgan fingerprint density at radius 1 is 1.16 bits per heavy atom. The number of anilines is 1. The van der Waals surface area contributed by atoms with Crippen molar-refractivity contribution in [2.45, 2.75) is 19.9 Å². The van der Waals surface area contributed by atoms with Crippen LogP contribution in [0.2, 0.25) is 0 Å². The quantitative estimate of drug-likeness (QED) is 0.899. The molecular formula is C16H18FNO. The zero-order chi connectivity index (χ0) is 14.0. The van der Waals surface area contributed by atoms with Crippen LogP contribution in [0.5, 0.6) is 5.75 Å².